The third kappa shape index (κ3) is 2.90. The van der Waals surface area contributed by atoms with Crippen molar-refractivity contribution in [1.29, 1.82) is 0 Å². The summed E-state index contributed by atoms with van der Waals surface area (Å²) < 4.78 is 30.6. The Morgan fingerprint density at radius 3 is 2.67 bits per heavy atom. The maximum Gasteiger partial charge on any atom is 0.325 e. The van der Waals surface area contributed by atoms with Crippen molar-refractivity contribution in [2.75, 3.05) is 19.0 Å². The highest BCUT2D eigenvalue weighted by molar-refractivity contribution is 5.74. The molecule has 5 heteroatoms. The van der Waals surface area contributed by atoms with E-state index in [-0.39, 0.29) is 17.8 Å². The van der Waals surface area contributed by atoms with Crippen LogP contribution in [0.2, 0.25) is 0 Å². The third-order valence-electron chi connectivity index (χ3n) is 1.90. The first-order valence-corrected chi connectivity index (χ1v) is 4.31. The number of nitrogens with one attached hydrogen (secondary N) is 1. The molecule has 1 rings (SSSR count). The molecule has 1 aromatic rings. The van der Waals surface area contributed by atoms with Crippen molar-refractivity contribution in [2.24, 2.45) is 0 Å². The second kappa shape index (κ2) is 4.72. The second-order valence-electron chi connectivity index (χ2n) is 3.01. The molecule has 0 amide bonds. The average molecular weight is 215 g/mol. The first-order chi connectivity index (χ1) is 7.04. The fourth-order valence-electron chi connectivity index (χ4n) is 1.02. The topological polar surface area (TPSA) is 38.3 Å². The van der Waals surface area contributed by atoms with Crippen LogP contribution >= 0.6 is 0 Å². The zero-order valence-corrected chi connectivity index (χ0v) is 8.43. The fourth-order valence-corrected chi connectivity index (χ4v) is 1.02. The van der Waals surface area contributed by atoms with Crippen LogP contribution in [0.5, 0.6) is 0 Å². The van der Waals surface area contributed by atoms with E-state index in [1.165, 1.54) is 14.0 Å². The van der Waals surface area contributed by atoms with Crippen LogP contribution in [0.25, 0.3) is 0 Å². The number of ether oxygens (including phenoxy) is 1. The first-order valence-electron chi connectivity index (χ1n) is 4.31. The van der Waals surface area contributed by atoms with Crippen LogP contribution < -0.4 is 5.32 Å². The molecule has 0 aliphatic rings. The lowest BCUT2D eigenvalue weighted by Gasteiger charge is -2.07. The highest BCUT2D eigenvalue weighted by atomic mass is 19.1. The van der Waals surface area contributed by atoms with Gasteiger partial charge in [0.25, 0.3) is 0 Å². The molecule has 0 bridgehead atoms. The smallest absolute Gasteiger partial charge is 0.325 e. The van der Waals surface area contributed by atoms with Crippen LogP contribution in [0.3, 0.4) is 0 Å². The maximum absolute atomic E-state index is 13.2. The molecule has 0 heterocycles. The minimum Gasteiger partial charge on any atom is -0.468 e. The minimum absolute atomic E-state index is 0.0523. The van der Waals surface area contributed by atoms with Crippen LogP contribution in [-0.2, 0) is 9.53 Å². The van der Waals surface area contributed by atoms with Gasteiger partial charge in [-0.25, -0.2) is 8.78 Å². The monoisotopic (exact) mass is 215 g/mol. The number of carbonyl (C=O) groups is 1. The van der Waals surface area contributed by atoms with E-state index in [0.29, 0.717) is 0 Å². The Balaban J connectivity index is 2.77. The summed E-state index contributed by atoms with van der Waals surface area (Å²) in [7, 11) is 1.22. The first kappa shape index (κ1) is 11.4. The molecular formula is C10H11F2NO2. The van der Waals surface area contributed by atoms with Gasteiger partial charge < -0.3 is 10.1 Å². The molecule has 0 spiro atoms. The Kier molecular flexibility index (Phi) is 3.60. The Hall–Kier alpha value is -1.65. The van der Waals surface area contributed by atoms with Crippen molar-refractivity contribution in [3.8, 4) is 0 Å². The number of benzene rings is 1. The van der Waals surface area contributed by atoms with E-state index < -0.39 is 17.6 Å². The lowest BCUT2D eigenvalue weighted by molar-refractivity contribution is -0.138. The van der Waals surface area contributed by atoms with Crippen molar-refractivity contribution in [1.82, 2.24) is 0 Å². The summed E-state index contributed by atoms with van der Waals surface area (Å²) in [5.74, 6) is -1.67. The van der Waals surface area contributed by atoms with Gasteiger partial charge in [-0.05, 0) is 18.6 Å². The molecule has 0 saturated heterocycles. The fraction of sp³-hybridized carbons (Fsp3) is 0.300. The molecule has 0 saturated carbocycles. The highest BCUT2D eigenvalue weighted by Crippen LogP contribution is 2.18. The number of hydrogen-bond donors (Lipinski definition) is 1. The van der Waals surface area contributed by atoms with E-state index in [1.807, 2.05) is 0 Å². The Labute approximate surface area is 86.0 Å². The molecule has 0 atom stereocenters. The normalized spacial score (nSPS) is 9.87. The highest BCUT2D eigenvalue weighted by Gasteiger charge is 2.08. The number of rotatable bonds is 3. The van der Waals surface area contributed by atoms with Crippen molar-refractivity contribution in [3.63, 3.8) is 0 Å². The lowest BCUT2D eigenvalue weighted by Crippen LogP contribution is -2.15. The van der Waals surface area contributed by atoms with E-state index in [9.17, 15) is 13.6 Å². The summed E-state index contributed by atoms with van der Waals surface area (Å²) in [6.07, 6.45) is 0. The molecule has 1 aromatic carbocycles. The Morgan fingerprint density at radius 2 is 2.07 bits per heavy atom. The minimum atomic E-state index is -0.599. The molecule has 3 nitrogen and oxygen atoms in total. The third-order valence-corrected chi connectivity index (χ3v) is 1.90. The molecule has 0 unspecified atom stereocenters. The van der Waals surface area contributed by atoms with Crippen LogP contribution in [-0.4, -0.2) is 19.6 Å². The molecule has 0 aromatic heterocycles. The van der Waals surface area contributed by atoms with Gasteiger partial charge in [0, 0.05) is 6.07 Å². The van der Waals surface area contributed by atoms with Crippen LogP contribution in [0, 0.1) is 18.6 Å². The standard InChI is InChI=1S/C10H11F2NO2/c1-6-3-8(12)9(4-7(6)11)13-5-10(14)15-2/h3-4,13H,5H2,1-2H3. The number of hydrogen-bond acceptors (Lipinski definition) is 3. The molecule has 0 fully saturated rings. The van der Waals surface area contributed by atoms with Gasteiger partial charge in [-0.1, -0.05) is 0 Å². The van der Waals surface area contributed by atoms with Crippen molar-refractivity contribution in [2.45, 2.75) is 6.92 Å². The molecule has 0 aliphatic heterocycles. The van der Waals surface area contributed by atoms with Crippen molar-refractivity contribution >= 4 is 11.7 Å². The Morgan fingerprint density at radius 1 is 1.40 bits per heavy atom. The van der Waals surface area contributed by atoms with Crippen LogP contribution in [0.1, 0.15) is 5.56 Å². The number of methoxy groups -OCH3 is 1. The number of esters is 1. The van der Waals surface area contributed by atoms with E-state index >= 15 is 0 Å². The summed E-state index contributed by atoms with van der Waals surface area (Å²) in [6.45, 7) is 1.26. The van der Waals surface area contributed by atoms with Gasteiger partial charge in [-0.3, -0.25) is 4.79 Å². The van der Waals surface area contributed by atoms with Crippen molar-refractivity contribution in [3.05, 3.63) is 29.3 Å². The van der Waals surface area contributed by atoms with Gasteiger partial charge in [0.15, 0.2) is 0 Å². The zero-order valence-electron chi connectivity index (χ0n) is 8.43. The SMILES string of the molecule is COC(=O)CNc1cc(F)c(C)cc1F. The summed E-state index contributed by atoms with van der Waals surface area (Å²) in [5.41, 5.74) is 0.166. The predicted octanol–water partition coefficient (Wildman–Crippen LogP) is 1.86. The second-order valence-corrected chi connectivity index (χ2v) is 3.01. The van der Waals surface area contributed by atoms with Crippen LogP contribution in [0.4, 0.5) is 14.5 Å². The lowest BCUT2D eigenvalue weighted by atomic mass is 10.2. The molecule has 0 aliphatic carbocycles. The average Bonchev–Trinajstić information content (AvgIpc) is 2.21. The van der Waals surface area contributed by atoms with Gasteiger partial charge in [-0.15, -0.1) is 0 Å². The number of anilines is 1. The molecule has 0 radical (unpaired) electrons. The van der Waals surface area contributed by atoms with E-state index in [1.54, 1.807) is 0 Å². The summed E-state index contributed by atoms with van der Waals surface area (Å²) in [6, 6.07) is 2.07. The predicted molar refractivity (Wildman–Crippen MR) is 51.6 cm³/mol. The van der Waals surface area contributed by atoms with E-state index in [0.717, 1.165) is 12.1 Å². The van der Waals surface area contributed by atoms with Gasteiger partial charge in [-0.2, -0.15) is 0 Å². The quantitative estimate of drug-likeness (QED) is 0.782. The zero-order chi connectivity index (χ0) is 11.4. The van der Waals surface area contributed by atoms with Gasteiger partial charge >= 0.3 is 5.97 Å². The Bertz CT molecular complexity index is 380. The van der Waals surface area contributed by atoms with Gasteiger partial charge in [0.2, 0.25) is 0 Å². The van der Waals surface area contributed by atoms with E-state index in [2.05, 4.69) is 10.1 Å². The maximum atomic E-state index is 13.2. The van der Waals surface area contributed by atoms with Crippen molar-refractivity contribution < 1.29 is 18.3 Å². The summed E-state index contributed by atoms with van der Waals surface area (Å²) in [5, 5.41) is 2.44. The van der Waals surface area contributed by atoms with E-state index in [4.69, 9.17) is 0 Å². The number of aryl methyl sites for hydroxylation is 1. The molecular weight excluding hydrogens is 204 g/mol. The number of halogens is 2. The van der Waals surface area contributed by atoms with Gasteiger partial charge in [0.05, 0.1) is 12.8 Å². The van der Waals surface area contributed by atoms with Crippen LogP contribution in [0.15, 0.2) is 12.1 Å². The number of carbonyl (C=O) groups excluding carboxylic acids is 1. The molecule has 82 valence electrons. The largest absolute Gasteiger partial charge is 0.468 e. The molecule has 15 heavy (non-hydrogen) atoms. The summed E-state index contributed by atoms with van der Waals surface area (Å²) >= 11 is 0. The van der Waals surface area contributed by atoms with Gasteiger partial charge in [0.1, 0.15) is 18.2 Å². The molecule has 1 N–H and O–H groups in total. The summed E-state index contributed by atoms with van der Waals surface area (Å²) in [4.78, 5) is 10.7.